The van der Waals surface area contributed by atoms with Crippen molar-refractivity contribution >= 4 is 11.9 Å². The van der Waals surface area contributed by atoms with E-state index < -0.39 is 6.04 Å². The van der Waals surface area contributed by atoms with E-state index in [9.17, 15) is 9.59 Å². The van der Waals surface area contributed by atoms with E-state index >= 15 is 0 Å². The molecule has 3 aromatic rings. The quantitative estimate of drug-likeness (QED) is 0.584. The van der Waals surface area contributed by atoms with Crippen molar-refractivity contribution in [2.75, 3.05) is 0 Å². The number of carbonyl (C=O) groups is 2. The molecule has 29 heavy (non-hydrogen) atoms. The van der Waals surface area contributed by atoms with Crippen LogP contribution in [0.15, 0.2) is 71.3 Å². The number of aromatic nitrogens is 1. The van der Waals surface area contributed by atoms with Crippen LogP contribution in [-0.4, -0.2) is 23.0 Å². The number of ether oxygens (including phenoxy) is 1. The Labute approximate surface area is 169 Å². The molecule has 0 spiro atoms. The largest absolute Gasteiger partial charge is 0.463 e. The van der Waals surface area contributed by atoms with Gasteiger partial charge in [-0.3, -0.25) is 9.59 Å². The summed E-state index contributed by atoms with van der Waals surface area (Å²) in [6, 6.07) is 18.4. The SMILES string of the molecule is CC(C)OC(=O)CC(NC(=O)Cc1coc(-c2ccccc2)n1)c1ccccc1. The molecule has 0 radical (unpaired) electrons. The molecule has 0 bridgehead atoms. The summed E-state index contributed by atoms with van der Waals surface area (Å²) in [6.45, 7) is 3.59. The summed E-state index contributed by atoms with van der Waals surface area (Å²) in [7, 11) is 0. The molecule has 0 saturated carbocycles. The minimum absolute atomic E-state index is 0.0545. The van der Waals surface area contributed by atoms with Crippen molar-refractivity contribution in [1.82, 2.24) is 10.3 Å². The Bertz CT molecular complexity index is 936. The first-order valence-corrected chi connectivity index (χ1v) is 9.55. The lowest BCUT2D eigenvalue weighted by atomic mass is 10.0. The number of nitrogens with zero attached hydrogens (tertiary/aromatic N) is 1. The zero-order chi connectivity index (χ0) is 20.6. The zero-order valence-electron chi connectivity index (χ0n) is 16.5. The van der Waals surface area contributed by atoms with Gasteiger partial charge in [-0.15, -0.1) is 0 Å². The number of nitrogens with one attached hydrogen (secondary N) is 1. The van der Waals surface area contributed by atoms with Gasteiger partial charge in [-0.1, -0.05) is 48.5 Å². The number of rotatable bonds is 8. The molecule has 0 fully saturated rings. The first-order valence-electron chi connectivity index (χ1n) is 9.55. The molecule has 150 valence electrons. The number of carbonyl (C=O) groups excluding carboxylic acids is 2. The van der Waals surface area contributed by atoms with Gasteiger partial charge >= 0.3 is 5.97 Å². The molecule has 0 aliphatic carbocycles. The van der Waals surface area contributed by atoms with Gasteiger partial charge in [-0.05, 0) is 31.5 Å². The number of amides is 1. The molecule has 1 aromatic heterocycles. The van der Waals surface area contributed by atoms with Crippen molar-refractivity contribution in [1.29, 1.82) is 0 Å². The average molecular weight is 392 g/mol. The summed E-state index contributed by atoms with van der Waals surface area (Å²) >= 11 is 0. The standard InChI is InChI=1S/C23H24N2O4/c1-16(2)29-22(27)14-20(17-9-5-3-6-10-17)25-21(26)13-19-15-28-23(24-19)18-11-7-4-8-12-18/h3-12,15-16,20H,13-14H2,1-2H3,(H,25,26). The molecule has 1 amide bonds. The van der Waals surface area contributed by atoms with Crippen molar-refractivity contribution < 1.29 is 18.7 Å². The number of oxazole rings is 1. The number of esters is 1. The van der Waals surface area contributed by atoms with Crippen LogP contribution in [0.25, 0.3) is 11.5 Å². The van der Waals surface area contributed by atoms with E-state index in [0.717, 1.165) is 11.1 Å². The Kier molecular flexibility index (Phi) is 6.79. The lowest BCUT2D eigenvalue weighted by Crippen LogP contribution is -2.32. The lowest BCUT2D eigenvalue weighted by molar-refractivity contribution is -0.148. The molecule has 0 aliphatic heterocycles. The van der Waals surface area contributed by atoms with E-state index in [0.29, 0.717) is 11.6 Å². The van der Waals surface area contributed by atoms with Crippen LogP contribution in [0.1, 0.15) is 37.6 Å². The van der Waals surface area contributed by atoms with Crippen molar-refractivity contribution in [3.8, 4) is 11.5 Å². The molecule has 1 heterocycles. The second-order valence-electron chi connectivity index (χ2n) is 6.96. The highest BCUT2D eigenvalue weighted by atomic mass is 16.5. The van der Waals surface area contributed by atoms with Crippen LogP contribution in [-0.2, 0) is 20.7 Å². The Morgan fingerprint density at radius 2 is 1.69 bits per heavy atom. The van der Waals surface area contributed by atoms with Gasteiger partial charge in [-0.2, -0.15) is 0 Å². The maximum Gasteiger partial charge on any atom is 0.308 e. The molecule has 6 heteroatoms. The normalized spacial score (nSPS) is 11.8. The van der Waals surface area contributed by atoms with Gasteiger partial charge in [0.05, 0.1) is 30.7 Å². The van der Waals surface area contributed by atoms with Crippen LogP contribution in [0.4, 0.5) is 0 Å². The first-order chi connectivity index (χ1) is 14.0. The zero-order valence-corrected chi connectivity index (χ0v) is 16.5. The highest BCUT2D eigenvalue weighted by Gasteiger charge is 2.21. The monoisotopic (exact) mass is 392 g/mol. The molecule has 0 aliphatic rings. The molecule has 1 atom stereocenters. The van der Waals surface area contributed by atoms with Crippen LogP contribution >= 0.6 is 0 Å². The van der Waals surface area contributed by atoms with Crippen LogP contribution in [0.3, 0.4) is 0 Å². The maximum absolute atomic E-state index is 12.6. The van der Waals surface area contributed by atoms with Crippen LogP contribution in [0.5, 0.6) is 0 Å². The minimum Gasteiger partial charge on any atom is -0.463 e. The predicted molar refractivity (Wildman–Crippen MR) is 109 cm³/mol. The summed E-state index contributed by atoms with van der Waals surface area (Å²) in [6.07, 6.45) is 1.38. The van der Waals surface area contributed by atoms with E-state index in [1.54, 1.807) is 13.8 Å². The summed E-state index contributed by atoms with van der Waals surface area (Å²) in [5.41, 5.74) is 2.21. The third kappa shape index (κ3) is 6.04. The maximum atomic E-state index is 12.6. The molecule has 1 unspecified atom stereocenters. The van der Waals surface area contributed by atoms with E-state index in [1.807, 2.05) is 60.7 Å². The van der Waals surface area contributed by atoms with Crippen molar-refractivity contribution in [3.63, 3.8) is 0 Å². The van der Waals surface area contributed by atoms with E-state index in [4.69, 9.17) is 9.15 Å². The van der Waals surface area contributed by atoms with Crippen LogP contribution in [0.2, 0.25) is 0 Å². The van der Waals surface area contributed by atoms with Crippen molar-refractivity contribution in [2.45, 2.75) is 38.8 Å². The van der Waals surface area contributed by atoms with Gasteiger partial charge in [0.15, 0.2) is 0 Å². The first kappa shape index (κ1) is 20.3. The Hall–Kier alpha value is -3.41. The Morgan fingerprint density at radius 3 is 2.34 bits per heavy atom. The average Bonchev–Trinajstić information content (AvgIpc) is 3.16. The van der Waals surface area contributed by atoms with Gasteiger partial charge in [0.25, 0.3) is 0 Å². The second kappa shape index (κ2) is 9.68. The number of hydrogen-bond acceptors (Lipinski definition) is 5. The summed E-state index contributed by atoms with van der Waals surface area (Å²) in [5.74, 6) is -0.139. The topological polar surface area (TPSA) is 81.4 Å². The van der Waals surface area contributed by atoms with Crippen LogP contribution < -0.4 is 5.32 Å². The van der Waals surface area contributed by atoms with Gasteiger partial charge in [-0.25, -0.2) is 4.98 Å². The molecular formula is C23H24N2O4. The number of hydrogen-bond donors (Lipinski definition) is 1. The fourth-order valence-corrected chi connectivity index (χ4v) is 2.93. The van der Waals surface area contributed by atoms with Gasteiger partial charge < -0.3 is 14.5 Å². The fraction of sp³-hybridized carbons (Fsp3) is 0.261. The van der Waals surface area contributed by atoms with Crippen molar-refractivity contribution in [2.24, 2.45) is 0 Å². The molecule has 1 N–H and O–H groups in total. The van der Waals surface area contributed by atoms with Gasteiger partial charge in [0, 0.05) is 5.56 Å². The highest BCUT2D eigenvalue weighted by molar-refractivity contribution is 5.80. The van der Waals surface area contributed by atoms with E-state index in [-0.39, 0.29) is 30.8 Å². The van der Waals surface area contributed by atoms with Crippen molar-refractivity contribution in [3.05, 3.63) is 78.2 Å². The Balaban J connectivity index is 1.67. The Morgan fingerprint density at radius 1 is 1.03 bits per heavy atom. The molecular weight excluding hydrogens is 368 g/mol. The van der Waals surface area contributed by atoms with Gasteiger partial charge in [0.2, 0.25) is 11.8 Å². The van der Waals surface area contributed by atoms with E-state index in [2.05, 4.69) is 10.3 Å². The molecule has 2 aromatic carbocycles. The highest BCUT2D eigenvalue weighted by Crippen LogP contribution is 2.20. The van der Waals surface area contributed by atoms with Crippen LogP contribution in [0, 0.1) is 0 Å². The third-order valence-corrected chi connectivity index (χ3v) is 4.19. The molecule has 0 saturated heterocycles. The molecule has 6 nitrogen and oxygen atoms in total. The van der Waals surface area contributed by atoms with Gasteiger partial charge in [0.1, 0.15) is 6.26 Å². The number of benzene rings is 2. The third-order valence-electron chi connectivity index (χ3n) is 4.19. The molecule has 3 rings (SSSR count). The smallest absolute Gasteiger partial charge is 0.308 e. The summed E-state index contributed by atoms with van der Waals surface area (Å²) in [4.78, 5) is 29.1. The lowest BCUT2D eigenvalue weighted by Gasteiger charge is -2.19. The fourth-order valence-electron chi connectivity index (χ4n) is 2.93. The summed E-state index contributed by atoms with van der Waals surface area (Å²) < 4.78 is 10.7. The second-order valence-corrected chi connectivity index (χ2v) is 6.96. The predicted octanol–water partition coefficient (Wildman–Crippen LogP) is 4.08. The van der Waals surface area contributed by atoms with E-state index in [1.165, 1.54) is 6.26 Å². The minimum atomic E-state index is -0.476. The summed E-state index contributed by atoms with van der Waals surface area (Å²) in [5, 5.41) is 2.91.